The fourth-order valence-electron chi connectivity index (χ4n) is 6.29. The first-order valence-electron chi connectivity index (χ1n) is 13.5. The second-order valence-corrected chi connectivity index (χ2v) is 11.6. The highest BCUT2D eigenvalue weighted by Gasteiger charge is 2.43. The third kappa shape index (κ3) is 4.05. The van der Waals surface area contributed by atoms with Gasteiger partial charge in [0.1, 0.15) is 0 Å². The number of rotatable bonds is 3. The topological polar surface area (TPSA) is 59.8 Å². The summed E-state index contributed by atoms with van der Waals surface area (Å²) in [5.41, 5.74) is 8.26. The number of hydrogen-bond donors (Lipinski definition) is 0. The number of carbonyl (C=O) groups excluding carboxylic acids is 1. The van der Waals surface area contributed by atoms with Gasteiger partial charge in [-0.15, -0.1) is 0 Å². The maximum absolute atomic E-state index is 14.1. The lowest BCUT2D eigenvalue weighted by Crippen LogP contribution is -2.56. The molecule has 194 valence electrons. The van der Waals surface area contributed by atoms with Crippen LogP contribution in [-0.2, 0) is 16.6 Å². The van der Waals surface area contributed by atoms with E-state index in [0.717, 1.165) is 84.0 Å². The zero-order chi connectivity index (χ0) is 26.6. The number of ketones is 1. The van der Waals surface area contributed by atoms with Gasteiger partial charge >= 0.3 is 0 Å². The number of anilines is 1. The number of allylic oxidation sites excluding steroid dienone is 2. The number of nitriles is 1. The number of ether oxygens (including phenoxy) is 1. The Bertz CT molecular complexity index is 1450. The summed E-state index contributed by atoms with van der Waals surface area (Å²) < 4.78 is 5.42. The van der Waals surface area contributed by atoms with Crippen molar-refractivity contribution in [3.8, 4) is 17.9 Å². The molecule has 0 amide bonds. The highest BCUT2D eigenvalue weighted by atomic mass is 16.5. The monoisotopic (exact) mass is 506 g/mol. The first kappa shape index (κ1) is 24.9. The van der Waals surface area contributed by atoms with Gasteiger partial charge in [-0.05, 0) is 67.0 Å². The van der Waals surface area contributed by atoms with E-state index in [1.165, 1.54) is 0 Å². The van der Waals surface area contributed by atoms with Gasteiger partial charge in [0.05, 0.1) is 43.1 Å². The van der Waals surface area contributed by atoms with Crippen molar-refractivity contribution in [1.82, 2.24) is 9.80 Å². The van der Waals surface area contributed by atoms with E-state index in [2.05, 4.69) is 58.6 Å². The molecule has 6 nitrogen and oxygen atoms in total. The van der Waals surface area contributed by atoms with E-state index in [4.69, 9.17) is 4.74 Å². The van der Waals surface area contributed by atoms with Crippen molar-refractivity contribution in [1.29, 1.82) is 5.26 Å². The average molecular weight is 507 g/mol. The molecule has 2 aromatic rings. The highest BCUT2D eigenvalue weighted by molar-refractivity contribution is 6.33. The Labute approximate surface area is 225 Å². The summed E-state index contributed by atoms with van der Waals surface area (Å²) in [6.45, 7) is 10.7. The molecule has 2 saturated heterocycles. The summed E-state index contributed by atoms with van der Waals surface area (Å²) in [6.07, 6.45) is 0.709. The molecule has 2 fully saturated rings. The molecule has 0 radical (unpaired) electrons. The minimum Gasteiger partial charge on any atom is -0.378 e. The number of hydrogen-bond acceptors (Lipinski definition) is 6. The Hall–Kier alpha value is -3.42. The zero-order valence-electron chi connectivity index (χ0n) is 22.7. The van der Waals surface area contributed by atoms with Crippen LogP contribution in [0.3, 0.4) is 0 Å². The van der Waals surface area contributed by atoms with Crippen molar-refractivity contribution in [2.45, 2.75) is 31.7 Å². The molecule has 6 rings (SSSR count). The maximum atomic E-state index is 14.1. The first-order chi connectivity index (χ1) is 18.3. The van der Waals surface area contributed by atoms with Gasteiger partial charge in [0, 0.05) is 48.3 Å². The van der Waals surface area contributed by atoms with Crippen molar-refractivity contribution < 1.29 is 9.53 Å². The minimum atomic E-state index is -0.306. The van der Waals surface area contributed by atoms with Crippen LogP contribution >= 0.6 is 0 Å². The Balaban J connectivity index is 1.41. The zero-order valence-corrected chi connectivity index (χ0v) is 22.7. The highest BCUT2D eigenvalue weighted by Crippen LogP contribution is 2.51. The quantitative estimate of drug-likeness (QED) is 0.595. The molecule has 4 aliphatic rings. The molecule has 0 atom stereocenters. The molecule has 2 heterocycles. The maximum Gasteiger partial charge on any atom is 0.193 e. The molecule has 2 aliphatic carbocycles. The lowest BCUT2D eigenvalue weighted by atomic mass is 9.68. The van der Waals surface area contributed by atoms with E-state index in [9.17, 15) is 10.1 Å². The number of benzene rings is 2. The van der Waals surface area contributed by atoms with Gasteiger partial charge in [0.25, 0.3) is 0 Å². The van der Waals surface area contributed by atoms with E-state index < -0.39 is 0 Å². The number of fused-ring (bicyclic) bond motifs is 3. The molecule has 6 heteroatoms. The van der Waals surface area contributed by atoms with E-state index in [1.54, 1.807) is 0 Å². The van der Waals surface area contributed by atoms with Crippen LogP contribution in [-0.4, -0.2) is 81.7 Å². The van der Waals surface area contributed by atoms with Gasteiger partial charge in [-0.2, -0.15) is 5.26 Å². The molecule has 0 aromatic heterocycles. The third-order valence-corrected chi connectivity index (χ3v) is 8.62. The second-order valence-electron chi connectivity index (χ2n) is 11.6. The van der Waals surface area contributed by atoms with Crippen LogP contribution < -0.4 is 4.90 Å². The normalized spacial score (nSPS) is 20.3. The minimum absolute atomic E-state index is 0.0785. The standard InChI is InChI=1S/C32H34N4O2/c1-32(2)27-17-29(36-12-10-35(11-13-36)24-19-38-20-24)22(6-5-9-34(3)4)15-26(27)31(37)30-25-8-7-21(18-33)14-23(25)16-28(30)32/h7-8,14-15,17,24H,9-13,16,19-20H2,1-4H3. The van der Waals surface area contributed by atoms with Gasteiger partial charge in [-0.3, -0.25) is 14.6 Å². The van der Waals surface area contributed by atoms with Gasteiger partial charge in [-0.1, -0.05) is 31.8 Å². The van der Waals surface area contributed by atoms with Crippen LogP contribution in [0, 0.1) is 23.2 Å². The lowest BCUT2D eigenvalue weighted by Gasteiger charge is -2.44. The summed E-state index contributed by atoms with van der Waals surface area (Å²) in [6, 6.07) is 12.8. The van der Waals surface area contributed by atoms with Gasteiger partial charge in [0.15, 0.2) is 5.78 Å². The van der Waals surface area contributed by atoms with E-state index in [0.29, 0.717) is 24.6 Å². The van der Waals surface area contributed by atoms with Crippen LogP contribution in [0.2, 0.25) is 0 Å². The Morgan fingerprint density at radius 1 is 1.08 bits per heavy atom. The SMILES string of the molecule is CN(C)CC#Cc1cc2c(cc1N1CCN(C3COC3)CC1)C(C)(C)C1=C(C2=O)c2ccc(C#N)cc2C1. The first-order valence-corrected chi connectivity index (χ1v) is 13.5. The Morgan fingerprint density at radius 3 is 2.50 bits per heavy atom. The van der Waals surface area contributed by atoms with Crippen LogP contribution in [0.15, 0.2) is 35.9 Å². The van der Waals surface area contributed by atoms with Crippen molar-refractivity contribution in [3.05, 3.63) is 69.3 Å². The Kier molecular flexibility index (Phi) is 6.16. The summed E-state index contributed by atoms with van der Waals surface area (Å²) in [4.78, 5) is 21.1. The molecule has 38 heavy (non-hydrogen) atoms. The molecule has 2 aromatic carbocycles. The fraction of sp³-hybridized carbons (Fsp3) is 0.438. The lowest BCUT2D eigenvalue weighted by molar-refractivity contribution is -0.0660. The molecule has 2 aliphatic heterocycles. The predicted octanol–water partition coefficient (Wildman–Crippen LogP) is 3.48. The van der Waals surface area contributed by atoms with Crippen molar-refractivity contribution in [3.63, 3.8) is 0 Å². The van der Waals surface area contributed by atoms with Crippen molar-refractivity contribution in [2.24, 2.45) is 0 Å². The number of carbonyl (C=O) groups is 1. The Morgan fingerprint density at radius 2 is 1.84 bits per heavy atom. The van der Waals surface area contributed by atoms with Crippen molar-refractivity contribution >= 4 is 17.0 Å². The fourth-order valence-corrected chi connectivity index (χ4v) is 6.29. The van der Waals surface area contributed by atoms with E-state index >= 15 is 0 Å². The summed E-state index contributed by atoms with van der Waals surface area (Å²) in [5.74, 6) is 6.81. The van der Waals surface area contributed by atoms with Crippen molar-refractivity contribution in [2.75, 3.05) is 64.9 Å². The summed E-state index contributed by atoms with van der Waals surface area (Å²) in [7, 11) is 4.03. The molecule has 0 saturated carbocycles. The molecular formula is C32H34N4O2. The predicted molar refractivity (Wildman–Crippen MR) is 149 cm³/mol. The second kappa shape index (κ2) is 9.40. The number of Topliss-reactive ketones (excluding diaryl/α,β-unsaturated/α-hetero) is 1. The summed E-state index contributed by atoms with van der Waals surface area (Å²) >= 11 is 0. The molecule has 0 bridgehead atoms. The largest absolute Gasteiger partial charge is 0.378 e. The van der Waals surface area contributed by atoms with Crippen LogP contribution in [0.4, 0.5) is 5.69 Å². The van der Waals surface area contributed by atoms with Gasteiger partial charge in [-0.25, -0.2) is 0 Å². The molecular weight excluding hydrogens is 472 g/mol. The smallest absolute Gasteiger partial charge is 0.193 e. The van der Waals surface area contributed by atoms with Gasteiger partial charge < -0.3 is 9.64 Å². The average Bonchev–Trinajstić information content (AvgIpc) is 3.26. The van der Waals surface area contributed by atoms with Crippen LogP contribution in [0.25, 0.3) is 5.57 Å². The van der Waals surface area contributed by atoms with Crippen LogP contribution in [0.1, 0.15) is 52.0 Å². The third-order valence-electron chi connectivity index (χ3n) is 8.62. The van der Waals surface area contributed by atoms with Crippen LogP contribution in [0.5, 0.6) is 0 Å². The summed E-state index contributed by atoms with van der Waals surface area (Å²) in [5, 5.41) is 9.42. The van der Waals surface area contributed by atoms with Gasteiger partial charge in [0.2, 0.25) is 0 Å². The molecule has 0 N–H and O–H groups in total. The van der Waals surface area contributed by atoms with E-state index in [1.807, 2.05) is 32.3 Å². The molecule has 0 spiro atoms. The molecule has 0 unspecified atom stereocenters. The number of nitrogens with zero attached hydrogens (tertiary/aromatic N) is 4. The number of piperazine rings is 1. The van der Waals surface area contributed by atoms with E-state index in [-0.39, 0.29) is 11.2 Å².